The third kappa shape index (κ3) is 4.69. The molecule has 1 saturated heterocycles. The molecule has 0 bridgehead atoms. The third-order valence-electron chi connectivity index (χ3n) is 3.95. The Balaban J connectivity index is 1.87. The molecule has 1 aliphatic rings. The smallest absolute Gasteiger partial charge is 0.253 e. The van der Waals surface area contributed by atoms with E-state index in [1.165, 1.54) is 0 Å². The molecule has 1 atom stereocenters. The highest BCUT2D eigenvalue weighted by atomic mass is 16.5. The third-order valence-corrected chi connectivity index (χ3v) is 3.95. The fraction of sp³-hybridized carbons (Fsp3) is 0.529. The van der Waals surface area contributed by atoms with Crippen molar-refractivity contribution in [3.8, 4) is 5.75 Å². The van der Waals surface area contributed by atoms with Crippen LogP contribution < -0.4 is 15.8 Å². The van der Waals surface area contributed by atoms with Gasteiger partial charge in [0.15, 0.2) is 0 Å². The monoisotopic (exact) mass is 319 g/mol. The molecule has 1 aromatic rings. The van der Waals surface area contributed by atoms with Gasteiger partial charge >= 0.3 is 0 Å². The molecule has 1 heterocycles. The summed E-state index contributed by atoms with van der Waals surface area (Å²) in [7, 11) is 0. The highest BCUT2D eigenvalue weighted by molar-refractivity contribution is 5.94. The van der Waals surface area contributed by atoms with Crippen LogP contribution in [-0.2, 0) is 4.79 Å². The van der Waals surface area contributed by atoms with Crippen LogP contribution in [-0.4, -0.2) is 48.5 Å². The van der Waals surface area contributed by atoms with Crippen molar-refractivity contribution in [1.29, 1.82) is 0 Å². The van der Waals surface area contributed by atoms with Gasteiger partial charge in [0.05, 0.1) is 12.6 Å². The van der Waals surface area contributed by atoms with Crippen LogP contribution >= 0.6 is 0 Å². The first-order valence-corrected chi connectivity index (χ1v) is 8.09. The summed E-state index contributed by atoms with van der Waals surface area (Å²) in [6.07, 6.45) is 1.50. The van der Waals surface area contributed by atoms with Crippen molar-refractivity contribution in [3.05, 3.63) is 29.8 Å². The van der Waals surface area contributed by atoms with E-state index in [0.29, 0.717) is 25.3 Å². The van der Waals surface area contributed by atoms with Gasteiger partial charge < -0.3 is 20.7 Å². The van der Waals surface area contributed by atoms with Gasteiger partial charge in [0, 0.05) is 24.7 Å². The van der Waals surface area contributed by atoms with E-state index < -0.39 is 6.04 Å². The number of nitrogens with zero attached hydrogens (tertiary/aromatic N) is 1. The number of nitrogens with two attached hydrogens (primary N) is 1. The summed E-state index contributed by atoms with van der Waals surface area (Å²) in [4.78, 5) is 25.9. The average molecular weight is 319 g/mol. The second-order valence-electron chi connectivity index (χ2n) is 5.82. The number of piperidine rings is 1. The van der Waals surface area contributed by atoms with Crippen molar-refractivity contribution in [2.75, 3.05) is 19.7 Å². The van der Waals surface area contributed by atoms with E-state index in [4.69, 9.17) is 10.5 Å². The molecule has 3 N–H and O–H groups in total. The predicted molar refractivity (Wildman–Crippen MR) is 88.3 cm³/mol. The van der Waals surface area contributed by atoms with E-state index in [1.54, 1.807) is 19.1 Å². The molecule has 1 fully saturated rings. The normalized spacial score (nSPS) is 16.7. The van der Waals surface area contributed by atoms with Crippen molar-refractivity contribution < 1.29 is 14.3 Å². The van der Waals surface area contributed by atoms with Crippen molar-refractivity contribution >= 4 is 11.8 Å². The molecule has 2 rings (SSSR count). The molecular weight excluding hydrogens is 294 g/mol. The van der Waals surface area contributed by atoms with Crippen LogP contribution in [0.5, 0.6) is 5.75 Å². The molecular formula is C17H25N3O3. The Labute approximate surface area is 137 Å². The number of hydrogen-bond acceptors (Lipinski definition) is 4. The fourth-order valence-corrected chi connectivity index (χ4v) is 2.60. The minimum atomic E-state index is -0.501. The maximum absolute atomic E-state index is 12.5. The lowest BCUT2D eigenvalue weighted by Gasteiger charge is -2.32. The summed E-state index contributed by atoms with van der Waals surface area (Å²) < 4.78 is 5.38. The number of ether oxygens (including phenoxy) is 1. The van der Waals surface area contributed by atoms with Crippen LogP contribution in [0.3, 0.4) is 0 Å². The minimum Gasteiger partial charge on any atom is -0.494 e. The number of carbonyl (C=O) groups is 2. The zero-order valence-corrected chi connectivity index (χ0v) is 13.7. The van der Waals surface area contributed by atoms with E-state index in [2.05, 4.69) is 5.32 Å². The topological polar surface area (TPSA) is 84.7 Å². The van der Waals surface area contributed by atoms with Crippen LogP contribution in [0, 0.1) is 0 Å². The Morgan fingerprint density at radius 3 is 2.43 bits per heavy atom. The first kappa shape index (κ1) is 17.3. The SMILES string of the molecule is CCOc1ccc(C(=O)N2CCC(NC(=O)[C@@H](C)N)CC2)cc1. The molecule has 0 radical (unpaired) electrons. The van der Waals surface area contributed by atoms with Gasteiger partial charge in [0.1, 0.15) is 5.75 Å². The fourth-order valence-electron chi connectivity index (χ4n) is 2.60. The van der Waals surface area contributed by atoms with Crippen LogP contribution in [0.2, 0.25) is 0 Å². The first-order valence-electron chi connectivity index (χ1n) is 8.09. The Morgan fingerprint density at radius 1 is 1.30 bits per heavy atom. The lowest BCUT2D eigenvalue weighted by molar-refractivity contribution is -0.122. The van der Waals surface area contributed by atoms with Crippen LogP contribution in [0.15, 0.2) is 24.3 Å². The number of nitrogens with one attached hydrogen (secondary N) is 1. The van der Waals surface area contributed by atoms with E-state index in [1.807, 2.05) is 24.0 Å². The highest BCUT2D eigenvalue weighted by Gasteiger charge is 2.25. The Kier molecular flexibility index (Phi) is 5.98. The average Bonchev–Trinajstić information content (AvgIpc) is 2.56. The summed E-state index contributed by atoms with van der Waals surface area (Å²) in [5, 5.41) is 2.92. The van der Waals surface area contributed by atoms with Crippen molar-refractivity contribution in [2.45, 2.75) is 38.8 Å². The molecule has 1 aliphatic heterocycles. The predicted octanol–water partition coefficient (Wildman–Crippen LogP) is 1.15. The Morgan fingerprint density at radius 2 is 1.91 bits per heavy atom. The quantitative estimate of drug-likeness (QED) is 0.853. The number of rotatable bonds is 5. The van der Waals surface area contributed by atoms with Crippen LogP contribution in [0.4, 0.5) is 0 Å². The zero-order chi connectivity index (χ0) is 16.8. The molecule has 6 nitrogen and oxygen atoms in total. The highest BCUT2D eigenvalue weighted by Crippen LogP contribution is 2.17. The molecule has 2 amide bonds. The molecule has 126 valence electrons. The standard InChI is InChI=1S/C17H25N3O3/c1-3-23-15-6-4-13(5-7-15)17(22)20-10-8-14(9-11-20)19-16(21)12(2)18/h4-7,12,14H,3,8-11,18H2,1-2H3,(H,19,21)/t12-/m1/s1. The summed E-state index contributed by atoms with van der Waals surface area (Å²) in [6, 6.07) is 6.80. The van der Waals surface area contributed by atoms with Crippen molar-refractivity contribution in [2.24, 2.45) is 5.73 Å². The van der Waals surface area contributed by atoms with E-state index in [0.717, 1.165) is 18.6 Å². The molecule has 0 aliphatic carbocycles. The largest absolute Gasteiger partial charge is 0.494 e. The molecule has 0 unspecified atom stereocenters. The van der Waals surface area contributed by atoms with Gasteiger partial charge in [-0.1, -0.05) is 0 Å². The molecule has 0 saturated carbocycles. The summed E-state index contributed by atoms with van der Waals surface area (Å²) in [5.74, 6) is 0.646. The van der Waals surface area contributed by atoms with E-state index in [-0.39, 0.29) is 17.9 Å². The van der Waals surface area contributed by atoms with Crippen LogP contribution in [0.1, 0.15) is 37.0 Å². The van der Waals surface area contributed by atoms with Crippen molar-refractivity contribution in [1.82, 2.24) is 10.2 Å². The maximum atomic E-state index is 12.5. The molecule has 0 spiro atoms. The second-order valence-corrected chi connectivity index (χ2v) is 5.82. The maximum Gasteiger partial charge on any atom is 0.253 e. The number of hydrogen-bond donors (Lipinski definition) is 2. The number of likely N-dealkylation sites (tertiary alicyclic amines) is 1. The molecule has 1 aromatic carbocycles. The summed E-state index contributed by atoms with van der Waals surface area (Å²) >= 11 is 0. The van der Waals surface area contributed by atoms with Gasteiger partial charge in [-0.05, 0) is 51.0 Å². The van der Waals surface area contributed by atoms with E-state index >= 15 is 0 Å². The molecule has 6 heteroatoms. The first-order chi connectivity index (χ1) is 11.0. The zero-order valence-electron chi connectivity index (χ0n) is 13.7. The summed E-state index contributed by atoms with van der Waals surface area (Å²) in [5.41, 5.74) is 6.21. The number of benzene rings is 1. The van der Waals surface area contributed by atoms with Gasteiger partial charge in [-0.3, -0.25) is 9.59 Å². The Hall–Kier alpha value is -2.08. The lowest BCUT2D eigenvalue weighted by atomic mass is 10.0. The second kappa shape index (κ2) is 7.97. The lowest BCUT2D eigenvalue weighted by Crippen LogP contribution is -2.49. The van der Waals surface area contributed by atoms with E-state index in [9.17, 15) is 9.59 Å². The number of carbonyl (C=O) groups excluding carboxylic acids is 2. The Bertz CT molecular complexity index is 535. The van der Waals surface area contributed by atoms with Gasteiger partial charge in [-0.15, -0.1) is 0 Å². The molecule has 0 aromatic heterocycles. The molecule has 23 heavy (non-hydrogen) atoms. The van der Waals surface area contributed by atoms with Gasteiger partial charge in [0.25, 0.3) is 5.91 Å². The van der Waals surface area contributed by atoms with Crippen molar-refractivity contribution in [3.63, 3.8) is 0 Å². The summed E-state index contributed by atoms with van der Waals surface area (Å²) in [6.45, 7) is 5.47. The number of amides is 2. The minimum absolute atomic E-state index is 0.0185. The van der Waals surface area contributed by atoms with Gasteiger partial charge in [-0.25, -0.2) is 0 Å². The van der Waals surface area contributed by atoms with Gasteiger partial charge in [-0.2, -0.15) is 0 Å². The van der Waals surface area contributed by atoms with Gasteiger partial charge in [0.2, 0.25) is 5.91 Å². The van der Waals surface area contributed by atoms with Crippen LogP contribution in [0.25, 0.3) is 0 Å².